The van der Waals surface area contributed by atoms with Crippen LogP contribution in [0.3, 0.4) is 0 Å². The van der Waals surface area contributed by atoms with E-state index in [2.05, 4.69) is 16.0 Å². The molecular weight excluding hydrogens is 342 g/mol. The Hall–Kier alpha value is -2.98. The van der Waals surface area contributed by atoms with Crippen LogP contribution in [-0.2, 0) is 17.7 Å². The normalized spacial score (nSPS) is 16.6. The summed E-state index contributed by atoms with van der Waals surface area (Å²) >= 11 is 0. The number of fused-ring (bicyclic) bond motifs is 1. The summed E-state index contributed by atoms with van der Waals surface area (Å²) in [5.74, 6) is 0.699. The second-order valence-corrected chi connectivity index (χ2v) is 6.80. The van der Waals surface area contributed by atoms with E-state index in [1.54, 1.807) is 24.3 Å². The van der Waals surface area contributed by atoms with E-state index in [-0.39, 0.29) is 5.91 Å². The van der Waals surface area contributed by atoms with Gasteiger partial charge < -0.3 is 14.5 Å². The molecule has 1 amide bonds. The van der Waals surface area contributed by atoms with Gasteiger partial charge in [-0.3, -0.25) is 4.79 Å². The number of ether oxygens (including phenoxy) is 1. The number of aromatic nitrogens is 2. The molecule has 27 heavy (non-hydrogen) atoms. The molecule has 0 spiro atoms. The molecule has 0 radical (unpaired) electrons. The second-order valence-electron chi connectivity index (χ2n) is 6.80. The van der Waals surface area contributed by atoms with Crippen LogP contribution in [0.1, 0.15) is 32.9 Å². The van der Waals surface area contributed by atoms with Crippen molar-refractivity contribution in [3.8, 4) is 6.07 Å². The Morgan fingerprint density at radius 2 is 2.04 bits per heavy atom. The fraction of sp³-hybridized carbons (Fsp3) is 0.400. The van der Waals surface area contributed by atoms with Gasteiger partial charge in [-0.15, -0.1) is 0 Å². The SMILES string of the molecule is Cc1nc(N2CCOCC2)nc2c1CN(C(=O)c1cccc(C#N)c1)CC2. The van der Waals surface area contributed by atoms with E-state index in [0.717, 1.165) is 36.0 Å². The van der Waals surface area contributed by atoms with Gasteiger partial charge in [0.2, 0.25) is 5.95 Å². The number of hydrogen-bond acceptors (Lipinski definition) is 6. The fourth-order valence-corrected chi connectivity index (χ4v) is 3.55. The van der Waals surface area contributed by atoms with Crippen molar-refractivity contribution in [3.63, 3.8) is 0 Å². The molecule has 0 N–H and O–H groups in total. The van der Waals surface area contributed by atoms with Crippen molar-refractivity contribution in [2.45, 2.75) is 19.9 Å². The van der Waals surface area contributed by atoms with Crippen LogP contribution in [0.4, 0.5) is 5.95 Å². The summed E-state index contributed by atoms with van der Waals surface area (Å²) in [7, 11) is 0. The van der Waals surface area contributed by atoms with Gasteiger partial charge in [0.25, 0.3) is 5.91 Å². The second kappa shape index (κ2) is 7.33. The Balaban J connectivity index is 1.56. The van der Waals surface area contributed by atoms with Crippen LogP contribution in [-0.4, -0.2) is 53.6 Å². The summed E-state index contributed by atoms with van der Waals surface area (Å²) in [6.45, 7) is 6.10. The number of rotatable bonds is 2. The van der Waals surface area contributed by atoms with Gasteiger partial charge in [0, 0.05) is 49.4 Å². The molecule has 4 rings (SSSR count). The van der Waals surface area contributed by atoms with E-state index in [9.17, 15) is 4.79 Å². The molecule has 7 heteroatoms. The van der Waals surface area contributed by atoms with Crippen molar-refractivity contribution in [1.29, 1.82) is 5.26 Å². The Morgan fingerprint density at radius 3 is 2.81 bits per heavy atom. The molecule has 7 nitrogen and oxygen atoms in total. The van der Waals surface area contributed by atoms with E-state index in [4.69, 9.17) is 15.0 Å². The lowest BCUT2D eigenvalue weighted by atomic mass is 10.0. The van der Waals surface area contributed by atoms with Gasteiger partial charge in [-0.1, -0.05) is 6.07 Å². The first-order chi connectivity index (χ1) is 13.2. The van der Waals surface area contributed by atoms with Crippen LogP contribution in [0.15, 0.2) is 24.3 Å². The number of amides is 1. The highest BCUT2D eigenvalue weighted by atomic mass is 16.5. The molecule has 138 valence electrons. The van der Waals surface area contributed by atoms with Crippen LogP contribution in [0.5, 0.6) is 0 Å². The van der Waals surface area contributed by atoms with Gasteiger partial charge in [-0.05, 0) is 25.1 Å². The summed E-state index contributed by atoms with van der Waals surface area (Å²) in [5.41, 5.74) is 4.01. The van der Waals surface area contributed by atoms with E-state index in [0.29, 0.717) is 43.9 Å². The zero-order valence-electron chi connectivity index (χ0n) is 15.3. The van der Waals surface area contributed by atoms with E-state index < -0.39 is 0 Å². The quantitative estimate of drug-likeness (QED) is 0.808. The van der Waals surface area contributed by atoms with Crippen LogP contribution in [0.25, 0.3) is 0 Å². The predicted molar refractivity (Wildman–Crippen MR) is 99.4 cm³/mol. The lowest BCUT2D eigenvalue weighted by molar-refractivity contribution is 0.0732. The van der Waals surface area contributed by atoms with Crippen molar-refractivity contribution in [3.05, 3.63) is 52.3 Å². The number of morpholine rings is 1. The molecule has 2 aliphatic rings. The largest absolute Gasteiger partial charge is 0.378 e. The molecule has 3 heterocycles. The van der Waals surface area contributed by atoms with Gasteiger partial charge in [0.1, 0.15) is 0 Å². The minimum Gasteiger partial charge on any atom is -0.378 e. The summed E-state index contributed by atoms with van der Waals surface area (Å²) in [6, 6.07) is 8.92. The number of aryl methyl sites for hydroxylation is 1. The molecule has 0 aliphatic carbocycles. The lowest BCUT2D eigenvalue weighted by Gasteiger charge is -2.32. The van der Waals surface area contributed by atoms with Gasteiger partial charge in [-0.2, -0.15) is 5.26 Å². The van der Waals surface area contributed by atoms with Crippen molar-refractivity contribution in [1.82, 2.24) is 14.9 Å². The van der Waals surface area contributed by atoms with E-state index in [1.165, 1.54) is 0 Å². The van der Waals surface area contributed by atoms with Crippen molar-refractivity contribution in [2.24, 2.45) is 0 Å². The predicted octanol–water partition coefficient (Wildman–Crippen LogP) is 1.69. The highest BCUT2D eigenvalue weighted by Gasteiger charge is 2.26. The Bertz CT molecular complexity index is 915. The minimum atomic E-state index is -0.0607. The van der Waals surface area contributed by atoms with Crippen molar-refractivity contribution in [2.75, 3.05) is 37.7 Å². The van der Waals surface area contributed by atoms with Gasteiger partial charge in [-0.25, -0.2) is 9.97 Å². The van der Waals surface area contributed by atoms with Crippen LogP contribution < -0.4 is 4.90 Å². The number of anilines is 1. The smallest absolute Gasteiger partial charge is 0.254 e. The van der Waals surface area contributed by atoms with Gasteiger partial charge in [0.05, 0.1) is 30.5 Å². The fourth-order valence-electron chi connectivity index (χ4n) is 3.55. The third kappa shape index (κ3) is 3.49. The molecule has 1 aromatic heterocycles. The minimum absolute atomic E-state index is 0.0607. The Kier molecular flexibility index (Phi) is 4.73. The Labute approximate surface area is 158 Å². The number of benzene rings is 1. The molecule has 1 fully saturated rings. The van der Waals surface area contributed by atoms with Crippen LogP contribution in [0, 0.1) is 18.3 Å². The number of nitriles is 1. The van der Waals surface area contributed by atoms with Crippen molar-refractivity contribution >= 4 is 11.9 Å². The first-order valence-corrected chi connectivity index (χ1v) is 9.14. The average molecular weight is 363 g/mol. The third-order valence-corrected chi connectivity index (χ3v) is 5.08. The lowest BCUT2D eigenvalue weighted by Crippen LogP contribution is -2.39. The van der Waals surface area contributed by atoms with Gasteiger partial charge in [0.15, 0.2) is 0 Å². The maximum atomic E-state index is 12.9. The number of carbonyl (C=O) groups excluding carboxylic acids is 1. The maximum Gasteiger partial charge on any atom is 0.254 e. The molecule has 0 atom stereocenters. The third-order valence-electron chi connectivity index (χ3n) is 5.08. The standard InChI is InChI=1S/C20H21N5O2/c1-14-17-13-25(19(26)16-4-2-3-15(11-16)12-21)6-5-18(17)23-20(22-14)24-7-9-27-10-8-24/h2-4,11H,5-10,13H2,1H3. The first kappa shape index (κ1) is 17.4. The van der Waals surface area contributed by atoms with Crippen LogP contribution >= 0.6 is 0 Å². The highest BCUT2D eigenvalue weighted by molar-refractivity contribution is 5.94. The molecule has 0 unspecified atom stereocenters. The summed E-state index contributed by atoms with van der Waals surface area (Å²) in [4.78, 5) is 26.3. The highest BCUT2D eigenvalue weighted by Crippen LogP contribution is 2.24. The molecule has 2 aliphatic heterocycles. The van der Waals surface area contributed by atoms with E-state index in [1.807, 2.05) is 11.8 Å². The zero-order chi connectivity index (χ0) is 18.8. The summed E-state index contributed by atoms with van der Waals surface area (Å²) in [5, 5.41) is 9.05. The molecule has 0 bridgehead atoms. The molecule has 1 aromatic carbocycles. The van der Waals surface area contributed by atoms with Crippen LogP contribution in [0.2, 0.25) is 0 Å². The molecular formula is C20H21N5O2. The number of carbonyl (C=O) groups is 1. The molecule has 0 saturated carbocycles. The number of nitrogens with zero attached hydrogens (tertiary/aromatic N) is 5. The topological polar surface area (TPSA) is 82.3 Å². The average Bonchev–Trinajstić information content (AvgIpc) is 2.73. The molecule has 1 saturated heterocycles. The first-order valence-electron chi connectivity index (χ1n) is 9.14. The molecule has 2 aromatic rings. The maximum absolute atomic E-state index is 12.9. The summed E-state index contributed by atoms with van der Waals surface area (Å²) in [6.07, 6.45) is 0.708. The number of hydrogen-bond donors (Lipinski definition) is 0. The van der Waals surface area contributed by atoms with Crippen molar-refractivity contribution < 1.29 is 9.53 Å². The Morgan fingerprint density at radius 1 is 1.22 bits per heavy atom. The van der Waals surface area contributed by atoms with Gasteiger partial charge >= 0.3 is 0 Å². The monoisotopic (exact) mass is 363 g/mol. The zero-order valence-corrected chi connectivity index (χ0v) is 15.3. The van der Waals surface area contributed by atoms with E-state index >= 15 is 0 Å². The summed E-state index contributed by atoms with van der Waals surface area (Å²) < 4.78 is 5.40.